The molecule has 0 bridgehead atoms. The first-order chi connectivity index (χ1) is 11.9. The number of rotatable bonds is 3. The summed E-state index contributed by atoms with van der Waals surface area (Å²) in [6.45, 7) is 4.17. The van der Waals surface area contributed by atoms with E-state index in [0.29, 0.717) is 12.2 Å². The number of nitrogens with one attached hydrogen (secondary N) is 2. The summed E-state index contributed by atoms with van der Waals surface area (Å²) < 4.78 is 13.4. The van der Waals surface area contributed by atoms with Crippen molar-refractivity contribution in [3.05, 3.63) is 59.4 Å². The number of nitrogens with zero attached hydrogens (tertiary/aromatic N) is 1. The maximum Gasteiger partial charge on any atom is 0.319 e. The zero-order valence-corrected chi connectivity index (χ0v) is 14.2. The summed E-state index contributed by atoms with van der Waals surface area (Å²) in [6.07, 6.45) is 0.191. The third-order valence-electron chi connectivity index (χ3n) is 4.30. The van der Waals surface area contributed by atoms with Crippen LogP contribution in [0.25, 0.3) is 0 Å². The van der Waals surface area contributed by atoms with Crippen molar-refractivity contribution >= 4 is 23.3 Å². The molecule has 2 aromatic rings. The number of anilines is 2. The number of benzene rings is 2. The predicted molar refractivity (Wildman–Crippen MR) is 95.2 cm³/mol. The Morgan fingerprint density at radius 1 is 1.16 bits per heavy atom. The smallest absolute Gasteiger partial charge is 0.319 e. The summed E-state index contributed by atoms with van der Waals surface area (Å²) in [5.41, 5.74) is 3.22. The number of halogens is 1. The van der Waals surface area contributed by atoms with Crippen molar-refractivity contribution in [2.45, 2.75) is 26.3 Å². The van der Waals surface area contributed by atoms with Crippen LogP contribution in [-0.2, 0) is 4.79 Å². The molecule has 5 nitrogen and oxygen atoms in total. The largest absolute Gasteiger partial charge is 0.333 e. The number of aryl methyl sites for hydroxylation is 2. The van der Waals surface area contributed by atoms with E-state index < -0.39 is 5.82 Å². The van der Waals surface area contributed by atoms with Crippen LogP contribution in [0.2, 0.25) is 0 Å². The average molecular weight is 341 g/mol. The first-order valence-electron chi connectivity index (χ1n) is 8.13. The van der Waals surface area contributed by atoms with Crippen molar-refractivity contribution in [2.75, 3.05) is 16.8 Å². The quantitative estimate of drug-likeness (QED) is 0.899. The highest BCUT2D eigenvalue weighted by molar-refractivity contribution is 5.98. The zero-order chi connectivity index (χ0) is 18.0. The molecule has 2 aromatic carbocycles. The summed E-state index contributed by atoms with van der Waals surface area (Å²) in [7, 11) is 0. The lowest BCUT2D eigenvalue weighted by atomic mass is 10.1. The van der Waals surface area contributed by atoms with Gasteiger partial charge >= 0.3 is 6.03 Å². The normalized spacial score (nSPS) is 16.8. The van der Waals surface area contributed by atoms with E-state index in [1.165, 1.54) is 17.0 Å². The van der Waals surface area contributed by atoms with E-state index in [1.54, 1.807) is 12.1 Å². The highest BCUT2D eigenvalue weighted by Crippen LogP contribution is 2.23. The number of amides is 3. The molecule has 130 valence electrons. The Labute approximate surface area is 145 Å². The number of urea groups is 1. The van der Waals surface area contributed by atoms with Gasteiger partial charge in [0.05, 0.1) is 6.04 Å². The first-order valence-corrected chi connectivity index (χ1v) is 8.13. The Morgan fingerprint density at radius 2 is 1.84 bits per heavy atom. The van der Waals surface area contributed by atoms with E-state index >= 15 is 0 Å². The second-order valence-corrected chi connectivity index (χ2v) is 6.25. The summed E-state index contributed by atoms with van der Waals surface area (Å²) in [6, 6.07) is 11.0. The van der Waals surface area contributed by atoms with Crippen molar-refractivity contribution in [2.24, 2.45) is 0 Å². The molecule has 6 heteroatoms. The SMILES string of the molecule is Cc1cccc(C)c1NC(=O)N[C@@H]1CC(=O)N(c2cccc(F)c2)C1. The second-order valence-electron chi connectivity index (χ2n) is 6.25. The van der Waals surface area contributed by atoms with Gasteiger partial charge in [-0.15, -0.1) is 0 Å². The molecule has 1 heterocycles. The lowest BCUT2D eigenvalue weighted by Crippen LogP contribution is -2.40. The molecular weight excluding hydrogens is 321 g/mol. The molecule has 0 saturated carbocycles. The first kappa shape index (κ1) is 17.0. The summed E-state index contributed by atoms with van der Waals surface area (Å²) in [5.74, 6) is -0.530. The van der Waals surface area contributed by atoms with Crippen LogP contribution >= 0.6 is 0 Å². The van der Waals surface area contributed by atoms with Gasteiger partial charge in [-0.25, -0.2) is 9.18 Å². The molecule has 1 saturated heterocycles. The fourth-order valence-corrected chi connectivity index (χ4v) is 3.04. The minimum atomic E-state index is -0.394. The third-order valence-corrected chi connectivity index (χ3v) is 4.30. The maximum atomic E-state index is 13.4. The molecular formula is C19H20FN3O2. The van der Waals surface area contributed by atoms with Crippen LogP contribution < -0.4 is 15.5 Å². The van der Waals surface area contributed by atoms with Crippen LogP contribution in [0.1, 0.15) is 17.5 Å². The number of hydrogen-bond donors (Lipinski definition) is 2. The van der Waals surface area contributed by atoms with Gasteiger partial charge in [-0.2, -0.15) is 0 Å². The predicted octanol–water partition coefficient (Wildman–Crippen LogP) is 3.37. The van der Waals surface area contributed by atoms with Crippen molar-refractivity contribution in [1.29, 1.82) is 0 Å². The van der Waals surface area contributed by atoms with Gasteiger partial charge in [0.1, 0.15) is 5.82 Å². The minimum Gasteiger partial charge on any atom is -0.333 e. The average Bonchev–Trinajstić information content (AvgIpc) is 2.91. The van der Waals surface area contributed by atoms with E-state index in [4.69, 9.17) is 0 Å². The molecule has 2 N–H and O–H groups in total. The molecule has 1 aliphatic rings. The van der Waals surface area contributed by atoms with Crippen LogP contribution in [0.4, 0.5) is 20.6 Å². The lowest BCUT2D eigenvalue weighted by molar-refractivity contribution is -0.117. The van der Waals surface area contributed by atoms with Crippen LogP contribution in [-0.4, -0.2) is 24.5 Å². The molecule has 3 rings (SSSR count). The van der Waals surface area contributed by atoms with Crippen LogP contribution in [0.3, 0.4) is 0 Å². The maximum absolute atomic E-state index is 13.4. The van der Waals surface area contributed by atoms with E-state index in [1.807, 2.05) is 32.0 Å². The molecule has 0 unspecified atom stereocenters. The van der Waals surface area contributed by atoms with Gasteiger partial charge in [0.2, 0.25) is 5.91 Å². The highest BCUT2D eigenvalue weighted by Gasteiger charge is 2.31. The topological polar surface area (TPSA) is 61.4 Å². The van der Waals surface area contributed by atoms with Crippen LogP contribution in [0, 0.1) is 19.7 Å². The summed E-state index contributed by atoms with van der Waals surface area (Å²) in [4.78, 5) is 25.9. The molecule has 0 radical (unpaired) electrons. The van der Waals surface area contributed by atoms with E-state index in [2.05, 4.69) is 10.6 Å². The van der Waals surface area contributed by atoms with Gasteiger partial charge in [-0.1, -0.05) is 24.3 Å². The van der Waals surface area contributed by atoms with Crippen molar-refractivity contribution in [1.82, 2.24) is 5.32 Å². The Morgan fingerprint density at radius 3 is 2.52 bits per heavy atom. The Balaban J connectivity index is 1.64. The van der Waals surface area contributed by atoms with Gasteiger partial charge in [-0.05, 0) is 43.2 Å². The van der Waals surface area contributed by atoms with Gasteiger partial charge in [0, 0.05) is 24.3 Å². The standard InChI is InChI=1S/C19H20FN3O2/c1-12-5-3-6-13(2)18(12)22-19(25)21-15-10-17(24)23(11-15)16-8-4-7-14(20)9-16/h3-9,15H,10-11H2,1-2H3,(H2,21,22,25)/t15-/m1/s1. The molecule has 25 heavy (non-hydrogen) atoms. The summed E-state index contributed by atoms with van der Waals surface area (Å²) in [5, 5.41) is 5.66. The van der Waals surface area contributed by atoms with Crippen molar-refractivity contribution in [3.63, 3.8) is 0 Å². The monoisotopic (exact) mass is 341 g/mol. The van der Waals surface area contributed by atoms with Gasteiger partial charge < -0.3 is 15.5 Å². The number of carbonyl (C=O) groups excluding carboxylic acids is 2. The Bertz CT molecular complexity index is 802. The molecule has 0 spiro atoms. The van der Waals surface area contributed by atoms with Gasteiger partial charge in [0.15, 0.2) is 0 Å². The Kier molecular flexibility index (Phi) is 4.70. The van der Waals surface area contributed by atoms with Crippen molar-refractivity contribution < 1.29 is 14.0 Å². The molecule has 1 aliphatic heterocycles. The summed E-state index contributed by atoms with van der Waals surface area (Å²) >= 11 is 0. The molecule has 0 aromatic heterocycles. The molecule has 3 amide bonds. The highest BCUT2D eigenvalue weighted by atomic mass is 19.1. The zero-order valence-electron chi connectivity index (χ0n) is 14.2. The Hall–Kier alpha value is -2.89. The number of hydrogen-bond acceptors (Lipinski definition) is 2. The second kappa shape index (κ2) is 6.93. The van der Waals surface area contributed by atoms with Crippen molar-refractivity contribution in [3.8, 4) is 0 Å². The minimum absolute atomic E-state index is 0.136. The van der Waals surface area contributed by atoms with Crippen LogP contribution in [0.15, 0.2) is 42.5 Å². The molecule has 1 atom stereocenters. The fraction of sp³-hybridized carbons (Fsp3) is 0.263. The van der Waals surface area contributed by atoms with Gasteiger partial charge in [0.25, 0.3) is 0 Å². The number of para-hydroxylation sites is 1. The third kappa shape index (κ3) is 3.79. The number of carbonyl (C=O) groups is 2. The van der Waals surface area contributed by atoms with Gasteiger partial charge in [-0.3, -0.25) is 4.79 Å². The van der Waals surface area contributed by atoms with E-state index in [9.17, 15) is 14.0 Å². The van der Waals surface area contributed by atoms with E-state index in [0.717, 1.165) is 16.8 Å². The molecule has 0 aliphatic carbocycles. The van der Waals surface area contributed by atoms with E-state index in [-0.39, 0.29) is 24.4 Å². The fourth-order valence-electron chi connectivity index (χ4n) is 3.04. The van der Waals surface area contributed by atoms with Crippen LogP contribution in [0.5, 0.6) is 0 Å². The lowest BCUT2D eigenvalue weighted by Gasteiger charge is -2.18. The molecule has 1 fully saturated rings.